The Morgan fingerprint density at radius 3 is 2.86 bits per heavy atom. The van der Waals surface area contributed by atoms with Crippen molar-refractivity contribution in [3.8, 4) is 5.88 Å². The second-order valence-electron chi connectivity index (χ2n) is 4.54. The van der Waals surface area contributed by atoms with Gasteiger partial charge in [0.2, 0.25) is 5.88 Å². The molecule has 21 heavy (non-hydrogen) atoms. The highest BCUT2D eigenvalue weighted by Gasteiger charge is 2.17. The molecule has 1 N–H and O–H groups in total. The van der Waals surface area contributed by atoms with Gasteiger partial charge in [-0.15, -0.1) is 11.3 Å². The van der Waals surface area contributed by atoms with Gasteiger partial charge in [-0.1, -0.05) is 6.07 Å². The van der Waals surface area contributed by atoms with E-state index in [1.165, 1.54) is 18.4 Å². The zero-order chi connectivity index (χ0) is 15.2. The van der Waals surface area contributed by atoms with Gasteiger partial charge in [-0.2, -0.15) is 0 Å². The van der Waals surface area contributed by atoms with E-state index < -0.39 is 0 Å². The molecule has 5 nitrogen and oxygen atoms in total. The van der Waals surface area contributed by atoms with Crippen LogP contribution < -0.4 is 10.1 Å². The first-order chi connectivity index (χ1) is 10.1. The predicted molar refractivity (Wildman–Crippen MR) is 81.0 cm³/mol. The number of aromatic nitrogens is 1. The molecule has 1 amide bonds. The number of hydrogen-bond acceptors (Lipinski definition) is 5. The first kappa shape index (κ1) is 15.2. The maximum absolute atomic E-state index is 12.2. The highest BCUT2D eigenvalue weighted by molar-refractivity contribution is 7.12. The molecule has 0 spiro atoms. The summed E-state index contributed by atoms with van der Waals surface area (Å²) in [4.78, 5) is 28.8. The van der Waals surface area contributed by atoms with Crippen LogP contribution in [-0.2, 0) is 0 Å². The van der Waals surface area contributed by atoms with Gasteiger partial charge in [0.1, 0.15) is 5.56 Å². The Kier molecular flexibility index (Phi) is 5.05. The highest BCUT2D eigenvalue weighted by Crippen LogP contribution is 2.15. The number of nitrogens with one attached hydrogen (secondary N) is 1. The minimum absolute atomic E-state index is 0.0240. The lowest BCUT2D eigenvalue weighted by Crippen LogP contribution is -2.34. The molecule has 1 atom stereocenters. The summed E-state index contributed by atoms with van der Waals surface area (Å²) in [6.07, 6.45) is 1.81. The van der Waals surface area contributed by atoms with Crippen molar-refractivity contribution < 1.29 is 14.3 Å². The SMILES string of the molecule is COc1ncccc1C(=O)NC(C)CC(=O)c1cccs1. The minimum Gasteiger partial charge on any atom is -0.480 e. The molecule has 2 heterocycles. The van der Waals surface area contributed by atoms with Crippen LogP contribution in [0.5, 0.6) is 5.88 Å². The van der Waals surface area contributed by atoms with Gasteiger partial charge in [0.25, 0.3) is 5.91 Å². The quantitative estimate of drug-likeness (QED) is 0.833. The molecule has 2 aromatic rings. The van der Waals surface area contributed by atoms with Crippen molar-refractivity contribution in [2.45, 2.75) is 19.4 Å². The van der Waals surface area contributed by atoms with Crippen LogP contribution in [0.15, 0.2) is 35.8 Å². The van der Waals surface area contributed by atoms with Crippen LogP contribution in [0, 0.1) is 0 Å². The van der Waals surface area contributed by atoms with Crippen molar-refractivity contribution in [1.29, 1.82) is 0 Å². The van der Waals surface area contributed by atoms with Crippen molar-refractivity contribution in [2.24, 2.45) is 0 Å². The highest BCUT2D eigenvalue weighted by atomic mass is 32.1. The van der Waals surface area contributed by atoms with Gasteiger partial charge in [0, 0.05) is 18.7 Å². The third-order valence-corrected chi connectivity index (χ3v) is 3.79. The van der Waals surface area contributed by atoms with Crippen molar-refractivity contribution >= 4 is 23.0 Å². The van der Waals surface area contributed by atoms with Crippen LogP contribution in [0.1, 0.15) is 33.4 Å². The molecule has 1 unspecified atom stereocenters. The topological polar surface area (TPSA) is 68.3 Å². The molecule has 0 aliphatic heterocycles. The molecular formula is C15H16N2O3S. The lowest BCUT2D eigenvalue weighted by molar-refractivity contribution is 0.0916. The summed E-state index contributed by atoms with van der Waals surface area (Å²) in [5.74, 6) is -0.00540. The molecule has 110 valence electrons. The summed E-state index contributed by atoms with van der Waals surface area (Å²) in [6, 6.07) is 6.65. The van der Waals surface area contributed by atoms with E-state index in [1.54, 1.807) is 31.3 Å². The number of rotatable bonds is 6. The number of carbonyl (C=O) groups excluding carboxylic acids is 2. The standard InChI is InChI=1S/C15H16N2O3S/c1-10(9-12(18)13-6-4-8-21-13)17-14(19)11-5-3-7-16-15(11)20-2/h3-8,10H,9H2,1-2H3,(H,17,19). The summed E-state index contributed by atoms with van der Waals surface area (Å²) in [6.45, 7) is 1.80. The second kappa shape index (κ2) is 6.99. The van der Waals surface area contributed by atoms with Crippen LogP contribution in [0.2, 0.25) is 0 Å². The zero-order valence-corrected chi connectivity index (χ0v) is 12.6. The number of ether oxygens (including phenoxy) is 1. The van der Waals surface area contributed by atoms with E-state index in [4.69, 9.17) is 4.74 Å². The molecule has 0 radical (unpaired) electrons. The Balaban J connectivity index is 1.97. The monoisotopic (exact) mass is 304 g/mol. The number of ketones is 1. The molecule has 0 aliphatic carbocycles. The molecule has 0 saturated heterocycles. The molecule has 0 aromatic carbocycles. The van der Waals surface area contributed by atoms with E-state index in [0.717, 1.165) is 0 Å². The van der Waals surface area contributed by atoms with Gasteiger partial charge in [-0.05, 0) is 30.5 Å². The number of Topliss-reactive ketones (excluding diaryl/α,β-unsaturated/α-hetero) is 1. The van der Waals surface area contributed by atoms with Crippen LogP contribution >= 0.6 is 11.3 Å². The van der Waals surface area contributed by atoms with E-state index in [9.17, 15) is 9.59 Å². The van der Waals surface area contributed by atoms with Gasteiger partial charge < -0.3 is 10.1 Å². The van der Waals surface area contributed by atoms with Gasteiger partial charge >= 0.3 is 0 Å². The Labute approximate surface area is 127 Å². The van der Waals surface area contributed by atoms with Crippen molar-refractivity contribution in [3.05, 3.63) is 46.3 Å². The summed E-state index contributed by atoms with van der Waals surface area (Å²) >= 11 is 1.40. The largest absolute Gasteiger partial charge is 0.480 e. The summed E-state index contributed by atoms with van der Waals surface area (Å²) in [5, 5.41) is 4.65. The Morgan fingerprint density at radius 1 is 1.38 bits per heavy atom. The van der Waals surface area contributed by atoms with Gasteiger partial charge in [0.15, 0.2) is 5.78 Å². The lowest BCUT2D eigenvalue weighted by atomic mass is 10.1. The molecule has 6 heteroatoms. The molecule has 2 rings (SSSR count). The van der Waals surface area contributed by atoms with Gasteiger partial charge in [0.05, 0.1) is 12.0 Å². The number of nitrogens with zero attached hydrogens (tertiary/aromatic N) is 1. The van der Waals surface area contributed by atoms with E-state index in [2.05, 4.69) is 10.3 Å². The summed E-state index contributed by atoms with van der Waals surface area (Å²) < 4.78 is 5.05. The number of carbonyl (C=O) groups is 2. The molecule has 0 aliphatic rings. The average molecular weight is 304 g/mol. The Hall–Kier alpha value is -2.21. The van der Waals surface area contributed by atoms with E-state index in [1.807, 2.05) is 11.4 Å². The van der Waals surface area contributed by atoms with Crippen molar-refractivity contribution in [2.75, 3.05) is 7.11 Å². The summed E-state index contributed by atoms with van der Waals surface area (Å²) in [7, 11) is 1.46. The van der Waals surface area contributed by atoms with Crippen LogP contribution in [-0.4, -0.2) is 29.8 Å². The van der Waals surface area contributed by atoms with E-state index in [0.29, 0.717) is 10.4 Å². The van der Waals surface area contributed by atoms with Crippen LogP contribution in [0.25, 0.3) is 0 Å². The number of methoxy groups -OCH3 is 1. The molecule has 0 fully saturated rings. The molecule has 2 aromatic heterocycles. The fourth-order valence-electron chi connectivity index (χ4n) is 1.89. The molecular weight excluding hydrogens is 288 g/mol. The molecule has 0 bridgehead atoms. The predicted octanol–water partition coefficient (Wildman–Crippen LogP) is 2.54. The fraction of sp³-hybridized carbons (Fsp3) is 0.267. The third kappa shape index (κ3) is 3.88. The number of pyridine rings is 1. The van der Waals surface area contributed by atoms with E-state index in [-0.39, 0.29) is 30.0 Å². The number of hydrogen-bond donors (Lipinski definition) is 1. The summed E-state index contributed by atoms with van der Waals surface area (Å²) in [5.41, 5.74) is 0.357. The maximum atomic E-state index is 12.2. The second-order valence-corrected chi connectivity index (χ2v) is 5.49. The van der Waals surface area contributed by atoms with Crippen LogP contribution in [0.3, 0.4) is 0 Å². The molecule has 0 saturated carbocycles. The first-order valence-electron chi connectivity index (χ1n) is 6.48. The van der Waals surface area contributed by atoms with Crippen molar-refractivity contribution in [3.63, 3.8) is 0 Å². The lowest BCUT2D eigenvalue weighted by Gasteiger charge is -2.13. The van der Waals surface area contributed by atoms with Gasteiger partial charge in [-0.3, -0.25) is 9.59 Å². The average Bonchev–Trinajstić information content (AvgIpc) is 3.01. The third-order valence-electron chi connectivity index (χ3n) is 2.87. The van der Waals surface area contributed by atoms with Crippen LogP contribution in [0.4, 0.5) is 0 Å². The Bertz CT molecular complexity index is 626. The van der Waals surface area contributed by atoms with Crippen molar-refractivity contribution in [1.82, 2.24) is 10.3 Å². The number of amides is 1. The minimum atomic E-state index is -0.300. The zero-order valence-electron chi connectivity index (χ0n) is 11.8. The smallest absolute Gasteiger partial charge is 0.256 e. The van der Waals surface area contributed by atoms with E-state index >= 15 is 0 Å². The normalized spacial score (nSPS) is 11.7. The number of thiophene rings is 1. The first-order valence-corrected chi connectivity index (χ1v) is 7.36. The maximum Gasteiger partial charge on any atom is 0.256 e. The fourth-order valence-corrected chi connectivity index (χ4v) is 2.57. The van der Waals surface area contributed by atoms with Gasteiger partial charge in [-0.25, -0.2) is 4.98 Å². The Morgan fingerprint density at radius 2 is 2.19 bits per heavy atom.